The molecule has 2 aromatic heterocycles. The Morgan fingerprint density at radius 3 is 2.59 bits per heavy atom. The van der Waals surface area contributed by atoms with E-state index < -0.39 is 10.0 Å². The highest BCUT2D eigenvalue weighted by atomic mass is 32.2. The van der Waals surface area contributed by atoms with Gasteiger partial charge in [0.1, 0.15) is 4.90 Å². The van der Waals surface area contributed by atoms with Gasteiger partial charge in [-0.05, 0) is 6.07 Å². The van der Waals surface area contributed by atoms with Crippen molar-refractivity contribution in [2.75, 3.05) is 0 Å². The Hall–Kier alpha value is -1.93. The Bertz CT molecular complexity index is 618. The zero-order chi connectivity index (χ0) is 12.5. The summed E-state index contributed by atoms with van der Waals surface area (Å²) in [6.07, 6.45) is 4.32. The Kier molecular flexibility index (Phi) is 2.82. The number of aromatic nitrogens is 3. The molecule has 0 unspecified atom stereocenters. The van der Waals surface area contributed by atoms with Crippen LogP contribution >= 0.6 is 0 Å². The monoisotopic (exact) mass is 254 g/mol. The third-order valence-electron chi connectivity index (χ3n) is 1.94. The van der Waals surface area contributed by atoms with E-state index in [0.717, 1.165) is 6.20 Å². The van der Waals surface area contributed by atoms with Gasteiger partial charge in [0.25, 0.3) is 0 Å². The summed E-state index contributed by atoms with van der Waals surface area (Å²) in [6, 6.07) is 2.75. The highest BCUT2D eigenvalue weighted by Gasteiger charge is 2.08. The van der Waals surface area contributed by atoms with Crippen LogP contribution in [0.4, 0.5) is 0 Å². The van der Waals surface area contributed by atoms with Crippen LogP contribution in [-0.2, 0) is 17.1 Å². The van der Waals surface area contributed by atoms with Crippen molar-refractivity contribution in [3.05, 3.63) is 30.7 Å². The third-order valence-corrected chi connectivity index (χ3v) is 2.84. The van der Waals surface area contributed by atoms with Crippen LogP contribution in [0.3, 0.4) is 0 Å². The van der Waals surface area contributed by atoms with E-state index in [-0.39, 0.29) is 10.8 Å². The van der Waals surface area contributed by atoms with Gasteiger partial charge in [-0.2, -0.15) is 5.10 Å². The standard InChI is InChI=1S/C9H10N4O3S/c1-13-6-7(4-12-13)16-9-3-2-8(5-11-9)17(10,14)15/h2-6H,1H3,(H2,10,14,15). The van der Waals surface area contributed by atoms with Crippen LogP contribution in [0.25, 0.3) is 0 Å². The molecule has 0 spiro atoms. The maximum absolute atomic E-state index is 11.0. The molecule has 0 aliphatic heterocycles. The molecule has 90 valence electrons. The quantitative estimate of drug-likeness (QED) is 0.846. The minimum absolute atomic E-state index is 0.0592. The molecule has 0 atom stereocenters. The van der Waals surface area contributed by atoms with Crippen LogP contribution in [0.2, 0.25) is 0 Å². The Labute approximate surface area is 97.9 Å². The van der Waals surface area contributed by atoms with Gasteiger partial charge in [0.15, 0.2) is 5.75 Å². The zero-order valence-electron chi connectivity index (χ0n) is 8.94. The van der Waals surface area contributed by atoms with Crippen LogP contribution in [0, 0.1) is 0 Å². The molecule has 7 nitrogen and oxygen atoms in total. The summed E-state index contributed by atoms with van der Waals surface area (Å²) in [7, 11) is -1.97. The Morgan fingerprint density at radius 2 is 2.12 bits per heavy atom. The van der Waals surface area contributed by atoms with Crippen LogP contribution in [0.1, 0.15) is 0 Å². The fraction of sp³-hybridized carbons (Fsp3) is 0.111. The van der Waals surface area contributed by atoms with Crippen molar-refractivity contribution in [2.45, 2.75) is 4.90 Å². The van der Waals surface area contributed by atoms with Gasteiger partial charge >= 0.3 is 0 Å². The first kappa shape index (κ1) is 11.6. The van der Waals surface area contributed by atoms with Gasteiger partial charge in [-0.25, -0.2) is 18.5 Å². The summed E-state index contributed by atoms with van der Waals surface area (Å²) in [4.78, 5) is 3.77. The average Bonchev–Trinajstić information content (AvgIpc) is 2.63. The highest BCUT2D eigenvalue weighted by Crippen LogP contribution is 2.18. The predicted octanol–water partition coefficient (Wildman–Crippen LogP) is 0.255. The number of aryl methyl sites for hydroxylation is 1. The molecule has 2 heterocycles. The van der Waals surface area contributed by atoms with E-state index in [0.29, 0.717) is 5.75 Å². The number of rotatable bonds is 3. The molecule has 0 saturated heterocycles. The summed E-state index contributed by atoms with van der Waals surface area (Å²) >= 11 is 0. The number of hydrogen-bond acceptors (Lipinski definition) is 5. The summed E-state index contributed by atoms with van der Waals surface area (Å²) in [5.41, 5.74) is 0. The van der Waals surface area contributed by atoms with E-state index >= 15 is 0 Å². The molecule has 0 aromatic carbocycles. The summed E-state index contributed by atoms with van der Waals surface area (Å²) < 4.78 is 28.9. The predicted molar refractivity (Wildman–Crippen MR) is 58.9 cm³/mol. The van der Waals surface area contributed by atoms with Crippen LogP contribution in [0.5, 0.6) is 11.6 Å². The fourth-order valence-electron chi connectivity index (χ4n) is 1.17. The maximum atomic E-state index is 11.0. The Balaban J connectivity index is 2.19. The zero-order valence-corrected chi connectivity index (χ0v) is 9.76. The third kappa shape index (κ3) is 2.80. The van der Waals surface area contributed by atoms with Gasteiger partial charge < -0.3 is 4.74 Å². The molecule has 0 fully saturated rings. The lowest BCUT2D eigenvalue weighted by Gasteiger charge is -2.02. The molecule has 0 aliphatic rings. The van der Waals surface area contributed by atoms with Crippen LogP contribution in [0.15, 0.2) is 35.6 Å². The Morgan fingerprint density at radius 1 is 1.35 bits per heavy atom. The molecule has 0 aliphatic carbocycles. The van der Waals surface area contributed by atoms with Crippen molar-refractivity contribution < 1.29 is 13.2 Å². The van der Waals surface area contributed by atoms with E-state index in [1.54, 1.807) is 17.9 Å². The van der Waals surface area contributed by atoms with Crippen LogP contribution in [-0.4, -0.2) is 23.2 Å². The molecule has 17 heavy (non-hydrogen) atoms. The summed E-state index contributed by atoms with van der Waals surface area (Å²) in [6.45, 7) is 0. The van der Waals surface area contributed by atoms with Crippen molar-refractivity contribution in [1.29, 1.82) is 0 Å². The molecule has 0 radical (unpaired) electrons. The second kappa shape index (κ2) is 4.15. The van der Waals surface area contributed by atoms with Gasteiger partial charge in [0.2, 0.25) is 15.9 Å². The molecular formula is C9H10N4O3S. The van der Waals surface area contributed by atoms with E-state index in [2.05, 4.69) is 10.1 Å². The van der Waals surface area contributed by atoms with E-state index in [1.807, 2.05) is 0 Å². The van der Waals surface area contributed by atoms with Crippen molar-refractivity contribution in [1.82, 2.24) is 14.8 Å². The molecule has 0 amide bonds. The molecule has 2 N–H and O–H groups in total. The number of pyridine rings is 1. The highest BCUT2D eigenvalue weighted by molar-refractivity contribution is 7.89. The van der Waals surface area contributed by atoms with Crippen molar-refractivity contribution in [2.24, 2.45) is 12.2 Å². The molecular weight excluding hydrogens is 244 g/mol. The summed E-state index contributed by atoms with van der Waals surface area (Å²) in [5, 5.41) is 8.86. The first-order chi connectivity index (χ1) is 7.95. The second-order valence-electron chi connectivity index (χ2n) is 3.33. The number of primary sulfonamides is 1. The average molecular weight is 254 g/mol. The second-order valence-corrected chi connectivity index (χ2v) is 4.89. The SMILES string of the molecule is Cn1cc(Oc2ccc(S(N)(=O)=O)cn2)cn1. The molecule has 2 rings (SSSR count). The number of ether oxygens (including phenoxy) is 1. The minimum atomic E-state index is -3.72. The number of sulfonamides is 1. The lowest BCUT2D eigenvalue weighted by Crippen LogP contribution is -2.12. The molecule has 0 saturated carbocycles. The molecule has 8 heteroatoms. The smallest absolute Gasteiger partial charge is 0.239 e. The van der Waals surface area contributed by atoms with Crippen molar-refractivity contribution in [3.8, 4) is 11.6 Å². The van der Waals surface area contributed by atoms with Crippen LogP contribution < -0.4 is 9.88 Å². The number of nitrogens with two attached hydrogens (primary N) is 1. The molecule has 0 bridgehead atoms. The topological polar surface area (TPSA) is 100 Å². The van der Waals surface area contributed by atoms with Crippen molar-refractivity contribution in [3.63, 3.8) is 0 Å². The first-order valence-electron chi connectivity index (χ1n) is 4.60. The van der Waals surface area contributed by atoms with Crippen molar-refractivity contribution >= 4 is 10.0 Å². The maximum Gasteiger partial charge on any atom is 0.239 e. The van der Waals surface area contributed by atoms with E-state index in [1.165, 1.54) is 18.3 Å². The number of nitrogens with zero attached hydrogens (tertiary/aromatic N) is 3. The van der Waals surface area contributed by atoms with Gasteiger partial charge in [-0.1, -0.05) is 0 Å². The van der Waals surface area contributed by atoms with E-state index in [9.17, 15) is 8.42 Å². The summed E-state index contributed by atoms with van der Waals surface area (Å²) in [5.74, 6) is 0.786. The van der Waals surface area contributed by atoms with Gasteiger partial charge in [-0.3, -0.25) is 4.68 Å². The van der Waals surface area contributed by atoms with Gasteiger partial charge in [0, 0.05) is 13.1 Å². The fourth-order valence-corrected chi connectivity index (χ4v) is 1.62. The normalized spacial score (nSPS) is 11.4. The van der Waals surface area contributed by atoms with Gasteiger partial charge in [-0.15, -0.1) is 0 Å². The lowest BCUT2D eigenvalue weighted by molar-refractivity contribution is 0.461. The number of hydrogen-bond donors (Lipinski definition) is 1. The largest absolute Gasteiger partial charge is 0.436 e. The van der Waals surface area contributed by atoms with Gasteiger partial charge in [0.05, 0.1) is 18.6 Å². The first-order valence-corrected chi connectivity index (χ1v) is 6.15. The molecule has 2 aromatic rings. The minimum Gasteiger partial charge on any atom is -0.436 e. The van der Waals surface area contributed by atoms with E-state index in [4.69, 9.17) is 9.88 Å². The lowest BCUT2D eigenvalue weighted by atomic mass is 10.5.